The van der Waals surface area contributed by atoms with Gasteiger partial charge >= 0.3 is 5.97 Å². The SMILES string of the molecule is CCCCCC(=O)[C@H]1[C@H](C)[C@]12OC(=O)[C@H]2C. The fourth-order valence-electron chi connectivity index (χ4n) is 3.09. The van der Waals surface area contributed by atoms with E-state index in [-0.39, 0.29) is 23.7 Å². The molecule has 1 heterocycles. The van der Waals surface area contributed by atoms with E-state index in [2.05, 4.69) is 6.92 Å². The number of carbonyl (C=O) groups is 2. The summed E-state index contributed by atoms with van der Waals surface area (Å²) in [6, 6.07) is 0. The molecule has 2 fully saturated rings. The van der Waals surface area contributed by atoms with Crippen molar-refractivity contribution in [3.05, 3.63) is 0 Å². The average Bonchev–Trinajstić information content (AvgIpc) is 2.87. The number of hydrogen-bond acceptors (Lipinski definition) is 3. The fraction of sp³-hybridized carbons (Fsp3) is 0.846. The lowest BCUT2D eigenvalue weighted by Crippen LogP contribution is -2.48. The zero-order chi connectivity index (χ0) is 11.9. The summed E-state index contributed by atoms with van der Waals surface area (Å²) < 4.78 is 5.24. The first-order valence-electron chi connectivity index (χ1n) is 6.31. The number of rotatable bonds is 5. The molecule has 16 heavy (non-hydrogen) atoms. The number of ether oxygens (including phenoxy) is 1. The average molecular weight is 224 g/mol. The molecular weight excluding hydrogens is 204 g/mol. The lowest BCUT2D eigenvalue weighted by molar-refractivity contribution is -0.193. The van der Waals surface area contributed by atoms with Crippen LogP contribution in [0.3, 0.4) is 0 Å². The van der Waals surface area contributed by atoms with E-state index in [0.717, 1.165) is 19.3 Å². The summed E-state index contributed by atoms with van der Waals surface area (Å²) >= 11 is 0. The Bertz CT molecular complexity index is 323. The highest BCUT2D eigenvalue weighted by atomic mass is 16.6. The number of carbonyl (C=O) groups excluding carboxylic acids is 2. The van der Waals surface area contributed by atoms with Gasteiger partial charge in [0, 0.05) is 12.3 Å². The van der Waals surface area contributed by atoms with Gasteiger partial charge in [-0.25, -0.2) is 0 Å². The first-order chi connectivity index (χ1) is 7.55. The van der Waals surface area contributed by atoms with Crippen molar-refractivity contribution in [2.24, 2.45) is 17.8 Å². The molecule has 0 aromatic heterocycles. The molecule has 1 saturated heterocycles. The second-order valence-electron chi connectivity index (χ2n) is 5.19. The highest BCUT2D eigenvalue weighted by Crippen LogP contribution is 2.63. The third-order valence-corrected chi connectivity index (χ3v) is 4.27. The zero-order valence-corrected chi connectivity index (χ0v) is 10.3. The molecule has 0 amide bonds. The van der Waals surface area contributed by atoms with Gasteiger partial charge in [-0.3, -0.25) is 9.59 Å². The van der Waals surface area contributed by atoms with Gasteiger partial charge in [-0.2, -0.15) is 0 Å². The molecule has 2 aliphatic rings. The minimum absolute atomic E-state index is 0.0166. The number of esters is 1. The molecule has 0 aromatic rings. The van der Waals surface area contributed by atoms with Crippen molar-refractivity contribution in [1.29, 1.82) is 0 Å². The van der Waals surface area contributed by atoms with Crippen molar-refractivity contribution in [3.63, 3.8) is 0 Å². The Hall–Kier alpha value is -0.860. The van der Waals surface area contributed by atoms with Crippen LogP contribution in [-0.2, 0) is 14.3 Å². The molecule has 3 heteroatoms. The molecule has 0 N–H and O–H groups in total. The summed E-state index contributed by atoms with van der Waals surface area (Å²) in [6.45, 7) is 6.02. The van der Waals surface area contributed by atoms with Gasteiger partial charge in [0.1, 0.15) is 11.4 Å². The van der Waals surface area contributed by atoms with Crippen molar-refractivity contribution in [3.8, 4) is 0 Å². The molecule has 1 aliphatic heterocycles. The van der Waals surface area contributed by atoms with Crippen molar-refractivity contribution in [2.75, 3.05) is 0 Å². The van der Waals surface area contributed by atoms with Crippen LogP contribution in [0.25, 0.3) is 0 Å². The van der Waals surface area contributed by atoms with Crippen LogP contribution < -0.4 is 0 Å². The molecule has 1 aliphatic carbocycles. The third kappa shape index (κ3) is 1.40. The van der Waals surface area contributed by atoms with Crippen LogP contribution in [0, 0.1) is 17.8 Å². The molecule has 0 bridgehead atoms. The van der Waals surface area contributed by atoms with E-state index < -0.39 is 5.60 Å². The highest BCUT2D eigenvalue weighted by Gasteiger charge is 2.77. The van der Waals surface area contributed by atoms with Crippen LogP contribution in [-0.4, -0.2) is 17.4 Å². The maximum absolute atomic E-state index is 12.0. The van der Waals surface area contributed by atoms with Crippen molar-refractivity contribution in [1.82, 2.24) is 0 Å². The number of ketones is 1. The van der Waals surface area contributed by atoms with Crippen LogP contribution in [0.1, 0.15) is 46.5 Å². The Balaban J connectivity index is 1.88. The zero-order valence-electron chi connectivity index (χ0n) is 10.3. The van der Waals surface area contributed by atoms with Crippen LogP contribution in [0.15, 0.2) is 0 Å². The van der Waals surface area contributed by atoms with Gasteiger partial charge in [-0.15, -0.1) is 0 Å². The number of hydrogen-bond donors (Lipinski definition) is 0. The quantitative estimate of drug-likeness (QED) is 0.531. The van der Waals surface area contributed by atoms with Gasteiger partial charge < -0.3 is 4.74 Å². The van der Waals surface area contributed by atoms with Crippen LogP contribution >= 0.6 is 0 Å². The minimum atomic E-state index is -0.402. The molecule has 0 aromatic carbocycles. The third-order valence-electron chi connectivity index (χ3n) is 4.27. The molecule has 1 saturated carbocycles. The predicted octanol–water partition coefficient (Wildman–Crippen LogP) is 2.33. The lowest BCUT2D eigenvalue weighted by atomic mass is 9.91. The molecule has 0 radical (unpaired) electrons. The Labute approximate surface area is 96.5 Å². The molecule has 1 spiro atoms. The molecule has 4 atom stereocenters. The second-order valence-corrected chi connectivity index (χ2v) is 5.19. The molecular formula is C13H20O3. The van der Waals surface area contributed by atoms with E-state index in [1.165, 1.54) is 0 Å². The predicted molar refractivity (Wildman–Crippen MR) is 59.8 cm³/mol. The van der Waals surface area contributed by atoms with Gasteiger partial charge in [-0.05, 0) is 13.3 Å². The Morgan fingerprint density at radius 2 is 2.06 bits per heavy atom. The largest absolute Gasteiger partial charge is 0.457 e. The van der Waals surface area contributed by atoms with Crippen LogP contribution in [0.2, 0.25) is 0 Å². The van der Waals surface area contributed by atoms with Crippen molar-refractivity contribution in [2.45, 2.75) is 52.1 Å². The smallest absolute Gasteiger partial charge is 0.313 e. The van der Waals surface area contributed by atoms with Crippen LogP contribution in [0.5, 0.6) is 0 Å². The summed E-state index contributed by atoms with van der Waals surface area (Å²) in [5.74, 6) is 0.282. The summed E-state index contributed by atoms with van der Waals surface area (Å²) in [5.41, 5.74) is -0.402. The topological polar surface area (TPSA) is 43.4 Å². The van der Waals surface area contributed by atoms with Crippen molar-refractivity contribution < 1.29 is 14.3 Å². The van der Waals surface area contributed by atoms with E-state index in [0.29, 0.717) is 12.2 Å². The van der Waals surface area contributed by atoms with Crippen LogP contribution in [0.4, 0.5) is 0 Å². The Kier molecular flexibility index (Phi) is 2.81. The van der Waals surface area contributed by atoms with Gasteiger partial charge in [0.25, 0.3) is 0 Å². The van der Waals surface area contributed by atoms with E-state index in [1.54, 1.807) is 0 Å². The van der Waals surface area contributed by atoms with Crippen molar-refractivity contribution >= 4 is 11.8 Å². The number of unbranched alkanes of at least 4 members (excludes halogenated alkanes) is 2. The van der Waals surface area contributed by atoms with E-state index >= 15 is 0 Å². The maximum atomic E-state index is 12.0. The Morgan fingerprint density at radius 1 is 1.38 bits per heavy atom. The molecule has 3 nitrogen and oxygen atoms in total. The van der Waals surface area contributed by atoms with Gasteiger partial charge in [0.05, 0.1) is 11.8 Å². The Morgan fingerprint density at radius 3 is 2.56 bits per heavy atom. The second kappa shape index (κ2) is 3.86. The molecule has 0 unspecified atom stereocenters. The molecule has 90 valence electrons. The van der Waals surface area contributed by atoms with Gasteiger partial charge in [-0.1, -0.05) is 26.7 Å². The first-order valence-corrected chi connectivity index (χ1v) is 6.31. The summed E-state index contributed by atoms with van der Waals surface area (Å²) in [6.07, 6.45) is 3.85. The van der Waals surface area contributed by atoms with E-state index in [1.807, 2.05) is 13.8 Å². The summed E-state index contributed by atoms with van der Waals surface area (Å²) in [7, 11) is 0. The van der Waals surface area contributed by atoms with Gasteiger partial charge in [0.15, 0.2) is 0 Å². The fourth-order valence-corrected chi connectivity index (χ4v) is 3.09. The van der Waals surface area contributed by atoms with E-state index in [9.17, 15) is 9.59 Å². The lowest BCUT2D eigenvalue weighted by Gasteiger charge is -2.34. The van der Waals surface area contributed by atoms with Gasteiger partial charge in [0.2, 0.25) is 0 Å². The number of Topliss-reactive ketones (excluding diaryl/α,β-unsaturated/α-hetero) is 1. The minimum Gasteiger partial charge on any atom is -0.457 e. The van der Waals surface area contributed by atoms with E-state index in [4.69, 9.17) is 4.74 Å². The summed E-state index contributed by atoms with van der Waals surface area (Å²) in [4.78, 5) is 23.1. The molecule has 2 rings (SSSR count). The monoisotopic (exact) mass is 224 g/mol. The summed E-state index contributed by atoms with van der Waals surface area (Å²) in [5, 5.41) is 0. The maximum Gasteiger partial charge on any atom is 0.313 e. The normalized spacial score (nSPS) is 40.4. The first kappa shape index (κ1) is 11.6. The standard InChI is InChI=1S/C13H20O3/c1-4-5-6-7-10(14)11-8(2)13(11)9(3)12(15)16-13/h8-9,11H,4-7H2,1-3H3/t8-,9+,11+,13+/m0/s1. The highest BCUT2D eigenvalue weighted by molar-refractivity contribution is 5.92.